The summed E-state index contributed by atoms with van der Waals surface area (Å²) in [5, 5.41) is 0. The normalized spacial score (nSPS) is 19.5. The fraction of sp³-hybridized carbons (Fsp3) is 0.714. The molecule has 2 aliphatic rings. The van der Waals surface area contributed by atoms with Crippen LogP contribution in [-0.2, 0) is 9.47 Å². The lowest BCUT2D eigenvalue weighted by Gasteiger charge is -2.08. The van der Waals surface area contributed by atoms with E-state index in [-0.39, 0.29) is 0 Å². The zero-order valence-corrected chi connectivity index (χ0v) is 10.0. The summed E-state index contributed by atoms with van der Waals surface area (Å²) >= 11 is 0. The summed E-state index contributed by atoms with van der Waals surface area (Å²) < 4.78 is 11.3. The third kappa shape index (κ3) is 3.92. The van der Waals surface area contributed by atoms with Crippen LogP contribution in [0.15, 0.2) is 23.7 Å². The molecule has 0 heterocycles. The number of rotatable bonds is 7. The van der Waals surface area contributed by atoms with Crippen LogP contribution in [0.1, 0.15) is 51.4 Å². The summed E-state index contributed by atoms with van der Waals surface area (Å²) in [7, 11) is 0. The molecule has 0 radical (unpaired) electrons. The topological polar surface area (TPSA) is 18.5 Å². The second-order valence-electron chi connectivity index (χ2n) is 4.53. The minimum atomic E-state index is 0.855. The molecule has 0 saturated carbocycles. The summed E-state index contributed by atoms with van der Waals surface area (Å²) in [6, 6.07) is 0. The first-order valence-electron chi connectivity index (χ1n) is 6.59. The molecule has 16 heavy (non-hydrogen) atoms. The van der Waals surface area contributed by atoms with Crippen molar-refractivity contribution in [2.45, 2.75) is 51.4 Å². The van der Waals surface area contributed by atoms with E-state index in [1.807, 2.05) is 0 Å². The lowest BCUT2D eigenvalue weighted by molar-refractivity contribution is 0.167. The van der Waals surface area contributed by atoms with Gasteiger partial charge < -0.3 is 9.47 Å². The smallest absolute Gasteiger partial charge is 0.0920 e. The Balaban J connectivity index is 1.43. The molecule has 2 aliphatic carbocycles. The predicted molar refractivity (Wildman–Crippen MR) is 65.0 cm³/mol. The van der Waals surface area contributed by atoms with Crippen LogP contribution in [0.2, 0.25) is 0 Å². The maximum atomic E-state index is 5.67. The lowest BCUT2D eigenvalue weighted by Crippen LogP contribution is -1.98. The minimum Gasteiger partial charge on any atom is -0.498 e. The Morgan fingerprint density at radius 2 is 1.31 bits per heavy atom. The Bertz CT molecular complexity index is 238. The average Bonchev–Trinajstić information content (AvgIpc) is 2.96. The molecule has 2 nitrogen and oxygen atoms in total. The van der Waals surface area contributed by atoms with E-state index in [1.165, 1.54) is 37.2 Å². The van der Waals surface area contributed by atoms with Crippen LogP contribution in [0.3, 0.4) is 0 Å². The SMILES string of the molecule is C1=C(OCCCCOC2=CCCC2)CCC1. The highest BCUT2D eigenvalue weighted by Crippen LogP contribution is 2.20. The van der Waals surface area contributed by atoms with Crippen molar-refractivity contribution >= 4 is 0 Å². The van der Waals surface area contributed by atoms with E-state index in [0.717, 1.165) is 38.9 Å². The Morgan fingerprint density at radius 1 is 0.812 bits per heavy atom. The molecule has 2 heteroatoms. The van der Waals surface area contributed by atoms with Gasteiger partial charge in [-0.3, -0.25) is 0 Å². The fourth-order valence-electron chi connectivity index (χ4n) is 2.16. The quantitative estimate of drug-likeness (QED) is 0.607. The van der Waals surface area contributed by atoms with Crippen molar-refractivity contribution < 1.29 is 9.47 Å². The Morgan fingerprint density at radius 3 is 1.69 bits per heavy atom. The molecule has 0 spiro atoms. The molecular formula is C14H22O2. The van der Waals surface area contributed by atoms with Crippen molar-refractivity contribution in [1.29, 1.82) is 0 Å². The van der Waals surface area contributed by atoms with Gasteiger partial charge in [0.2, 0.25) is 0 Å². The first-order valence-corrected chi connectivity index (χ1v) is 6.59. The molecule has 90 valence electrons. The van der Waals surface area contributed by atoms with Gasteiger partial charge in [0.15, 0.2) is 0 Å². The van der Waals surface area contributed by atoms with Crippen LogP contribution in [0, 0.1) is 0 Å². The molecule has 0 unspecified atom stereocenters. The predicted octanol–water partition coefficient (Wildman–Crippen LogP) is 3.94. The average molecular weight is 222 g/mol. The summed E-state index contributed by atoms with van der Waals surface area (Å²) in [5.74, 6) is 2.42. The highest BCUT2D eigenvalue weighted by molar-refractivity contribution is 4.99. The standard InChI is InChI=1S/C14H22O2/c1-2-8-13(7-1)15-11-5-6-12-16-14-9-3-4-10-14/h7,9H,1-6,8,10-12H2. The second kappa shape index (κ2) is 6.62. The summed E-state index contributed by atoms with van der Waals surface area (Å²) in [6.07, 6.45) is 13.9. The third-order valence-electron chi connectivity index (χ3n) is 3.11. The van der Waals surface area contributed by atoms with Crippen molar-refractivity contribution in [1.82, 2.24) is 0 Å². The molecule has 0 aliphatic heterocycles. The first-order chi connectivity index (χ1) is 7.95. The van der Waals surface area contributed by atoms with Crippen LogP contribution in [0.25, 0.3) is 0 Å². The van der Waals surface area contributed by atoms with Crippen molar-refractivity contribution in [3.8, 4) is 0 Å². The van der Waals surface area contributed by atoms with Gasteiger partial charge in [-0.15, -0.1) is 0 Å². The van der Waals surface area contributed by atoms with Crippen LogP contribution in [-0.4, -0.2) is 13.2 Å². The summed E-state index contributed by atoms with van der Waals surface area (Å²) in [5.41, 5.74) is 0. The van der Waals surface area contributed by atoms with Crippen molar-refractivity contribution in [2.24, 2.45) is 0 Å². The van der Waals surface area contributed by atoms with Gasteiger partial charge in [0.25, 0.3) is 0 Å². The third-order valence-corrected chi connectivity index (χ3v) is 3.11. The van der Waals surface area contributed by atoms with Gasteiger partial charge in [-0.25, -0.2) is 0 Å². The Kier molecular flexibility index (Phi) is 4.78. The molecule has 0 N–H and O–H groups in total. The van der Waals surface area contributed by atoms with Crippen molar-refractivity contribution in [3.05, 3.63) is 23.7 Å². The monoisotopic (exact) mass is 222 g/mol. The van der Waals surface area contributed by atoms with Crippen LogP contribution >= 0.6 is 0 Å². The Labute approximate surface area is 98.3 Å². The molecule has 0 amide bonds. The second-order valence-corrected chi connectivity index (χ2v) is 4.53. The van der Waals surface area contributed by atoms with Crippen LogP contribution in [0.4, 0.5) is 0 Å². The fourth-order valence-corrected chi connectivity index (χ4v) is 2.16. The van der Waals surface area contributed by atoms with E-state index in [1.54, 1.807) is 0 Å². The molecule has 0 bridgehead atoms. The van der Waals surface area contributed by atoms with Gasteiger partial charge in [0, 0.05) is 12.8 Å². The molecule has 0 aromatic rings. The maximum Gasteiger partial charge on any atom is 0.0920 e. The van der Waals surface area contributed by atoms with Gasteiger partial charge in [-0.05, 0) is 50.7 Å². The van der Waals surface area contributed by atoms with E-state index in [0.29, 0.717) is 0 Å². The van der Waals surface area contributed by atoms with Crippen molar-refractivity contribution in [2.75, 3.05) is 13.2 Å². The van der Waals surface area contributed by atoms with E-state index in [2.05, 4.69) is 12.2 Å². The highest BCUT2D eigenvalue weighted by Gasteiger charge is 2.06. The largest absolute Gasteiger partial charge is 0.498 e. The number of allylic oxidation sites excluding steroid dienone is 4. The van der Waals surface area contributed by atoms with Crippen LogP contribution in [0.5, 0.6) is 0 Å². The van der Waals surface area contributed by atoms with E-state index in [4.69, 9.17) is 9.47 Å². The highest BCUT2D eigenvalue weighted by atomic mass is 16.5. The zero-order chi connectivity index (χ0) is 11.1. The molecule has 0 aromatic carbocycles. The van der Waals surface area contributed by atoms with E-state index in [9.17, 15) is 0 Å². The van der Waals surface area contributed by atoms with Gasteiger partial charge in [-0.2, -0.15) is 0 Å². The molecule has 2 rings (SSSR count). The van der Waals surface area contributed by atoms with Crippen LogP contribution < -0.4 is 0 Å². The molecule has 0 saturated heterocycles. The maximum absolute atomic E-state index is 5.67. The molecular weight excluding hydrogens is 200 g/mol. The van der Waals surface area contributed by atoms with E-state index < -0.39 is 0 Å². The van der Waals surface area contributed by atoms with Gasteiger partial charge in [-0.1, -0.05) is 0 Å². The molecule has 0 aromatic heterocycles. The number of hydrogen-bond donors (Lipinski definition) is 0. The van der Waals surface area contributed by atoms with Gasteiger partial charge >= 0.3 is 0 Å². The Hall–Kier alpha value is -0.920. The van der Waals surface area contributed by atoms with Gasteiger partial charge in [0.1, 0.15) is 0 Å². The molecule has 0 fully saturated rings. The number of unbranched alkanes of at least 4 members (excludes halogenated alkanes) is 1. The first kappa shape index (κ1) is 11.6. The zero-order valence-electron chi connectivity index (χ0n) is 10.0. The molecule has 0 atom stereocenters. The van der Waals surface area contributed by atoms with Crippen molar-refractivity contribution in [3.63, 3.8) is 0 Å². The van der Waals surface area contributed by atoms with E-state index >= 15 is 0 Å². The lowest BCUT2D eigenvalue weighted by atomic mass is 10.3. The summed E-state index contributed by atoms with van der Waals surface area (Å²) in [4.78, 5) is 0. The number of hydrogen-bond acceptors (Lipinski definition) is 2. The van der Waals surface area contributed by atoms with Gasteiger partial charge in [0.05, 0.1) is 24.7 Å². The summed E-state index contributed by atoms with van der Waals surface area (Å²) in [6.45, 7) is 1.71. The minimum absolute atomic E-state index is 0.855. The number of ether oxygens (including phenoxy) is 2.